The molecule has 1 aromatic heterocycles. The summed E-state index contributed by atoms with van der Waals surface area (Å²) in [5.74, 6) is -0.204. The zero-order valence-electron chi connectivity index (χ0n) is 13.1. The Morgan fingerprint density at radius 2 is 2.19 bits per heavy atom. The lowest BCUT2D eigenvalue weighted by Gasteiger charge is -1.99. The summed E-state index contributed by atoms with van der Waals surface area (Å²) < 4.78 is 1.84. The fraction of sp³-hybridized carbons (Fsp3) is 0.0625. The number of carbonyl (C=O) groups excluding carboxylic acids is 1. The molecule has 132 valence electrons. The van der Waals surface area contributed by atoms with Crippen LogP contribution >= 0.6 is 34.7 Å². The Labute approximate surface area is 161 Å². The van der Waals surface area contributed by atoms with Crippen molar-refractivity contribution in [2.75, 3.05) is 5.75 Å². The monoisotopic (exact) mass is 406 g/mol. The number of thiazole rings is 1. The number of hydrogen-bond acceptors (Lipinski definition) is 7. The average molecular weight is 407 g/mol. The van der Waals surface area contributed by atoms with Gasteiger partial charge in [0, 0.05) is 11.1 Å². The summed E-state index contributed by atoms with van der Waals surface area (Å²) in [7, 11) is 0. The Morgan fingerprint density at radius 3 is 2.96 bits per heavy atom. The first-order valence-corrected chi connectivity index (χ1v) is 9.45. The van der Waals surface area contributed by atoms with Gasteiger partial charge in [-0.2, -0.15) is 5.10 Å². The summed E-state index contributed by atoms with van der Waals surface area (Å²) in [4.78, 5) is 26.7. The van der Waals surface area contributed by atoms with Crippen LogP contribution in [-0.4, -0.2) is 27.8 Å². The van der Waals surface area contributed by atoms with Crippen molar-refractivity contribution in [1.82, 2.24) is 10.4 Å². The number of hydrogen-bond donors (Lipinski definition) is 1. The van der Waals surface area contributed by atoms with E-state index in [1.165, 1.54) is 47.5 Å². The maximum atomic E-state index is 11.9. The number of hydrazone groups is 1. The maximum absolute atomic E-state index is 11.9. The molecule has 1 heterocycles. The van der Waals surface area contributed by atoms with Gasteiger partial charge in [-0.15, -0.1) is 11.3 Å². The van der Waals surface area contributed by atoms with Crippen molar-refractivity contribution < 1.29 is 9.72 Å². The largest absolute Gasteiger partial charge is 0.278 e. The van der Waals surface area contributed by atoms with Gasteiger partial charge in [-0.3, -0.25) is 14.9 Å². The number of nitro groups is 1. The van der Waals surface area contributed by atoms with E-state index in [1.807, 2.05) is 24.3 Å². The van der Waals surface area contributed by atoms with E-state index in [9.17, 15) is 14.9 Å². The summed E-state index contributed by atoms with van der Waals surface area (Å²) in [6.45, 7) is 0. The molecule has 1 N–H and O–H groups in total. The number of carbonyl (C=O) groups is 1. The van der Waals surface area contributed by atoms with Crippen molar-refractivity contribution in [3.63, 3.8) is 0 Å². The van der Waals surface area contributed by atoms with E-state index in [0.717, 1.165) is 14.6 Å². The van der Waals surface area contributed by atoms with E-state index in [4.69, 9.17) is 11.6 Å². The molecule has 0 aliphatic heterocycles. The highest BCUT2D eigenvalue weighted by Crippen LogP contribution is 2.29. The molecule has 10 heteroatoms. The molecule has 0 aliphatic rings. The number of benzene rings is 2. The van der Waals surface area contributed by atoms with Crippen molar-refractivity contribution in [3.05, 3.63) is 63.2 Å². The quantitative estimate of drug-likeness (QED) is 0.287. The van der Waals surface area contributed by atoms with Crippen LogP contribution in [0.15, 0.2) is 51.9 Å². The van der Waals surface area contributed by atoms with Crippen molar-refractivity contribution >= 4 is 62.7 Å². The first kappa shape index (κ1) is 18.3. The molecule has 0 fully saturated rings. The van der Waals surface area contributed by atoms with Crippen LogP contribution in [0.2, 0.25) is 5.02 Å². The number of nitrogens with one attached hydrogen (secondary N) is 1. The van der Waals surface area contributed by atoms with Gasteiger partial charge in [0.15, 0.2) is 4.34 Å². The number of thioether (sulfide) groups is 1. The summed E-state index contributed by atoms with van der Waals surface area (Å²) >= 11 is 8.65. The molecule has 0 saturated heterocycles. The van der Waals surface area contributed by atoms with E-state index in [-0.39, 0.29) is 22.9 Å². The van der Waals surface area contributed by atoms with E-state index in [0.29, 0.717) is 5.02 Å². The highest BCUT2D eigenvalue weighted by molar-refractivity contribution is 8.01. The predicted molar refractivity (Wildman–Crippen MR) is 104 cm³/mol. The van der Waals surface area contributed by atoms with E-state index < -0.39 is 4.92 Å². The molecule has 3 rings (SSSR count). The molecule has 0 unspecified atom stereocenters. The molecule has 0 radical (unpaired) electrons. The van der Waals surface area contributed by atoms with Crippen LogP contribution in [0, 0.1) is 10.1 Å². The average Bonchev–Trinajstić information content (AvgIpc) is 3.03. The Morgan fingerprint density at radius 1 is 1.38 bits per heavy atom. The van der Waals surface area contributed by atoms with Gasteiger partial charge in [0.05, 0.1) is 32.7 Å². The van der Waals surface area contributed by atoms with Crippen LogP contribution in [-0.2, 0) is 4.79 Å². The fourth-order valence-corrected chi connectivity index (χ4v) is 4.08. The van der Waals surface area contributed by atoms with E-state index in [1.54, 1.807) is 0 Å². The van der Waals surface area contributed by atoms with Crippen molar-refractivity contribution in [2.24, 2.45) is 5.10 Å². The number of fused-ring (bicyclic) bond motifs is 1. The zero-order valence-corrected chi connectivity index (χ0v) is 15.5. The molecular weight excluding hydrogens is 396 g/mol. The summed E-state index contributed by atoms with van der Waals surface area (Å²) in [6, 6.07) is 11.8. The zero-order chi connectivity index (χ0) is 18.5. The van der Waals surface area contributed by atoms with Gasteiger partial charge in [0.1, 0.15) is 0 Å². The van der Waals surface area contributed by atoms with Gasteiger partial charge in [-0.1, -0.05) is 35.5 Å². The van der Waals surface area contributed by atoms with Crippen LogP contribution in [0.25, 0.3) is 10.2 Å². The minimum atomic E-state index is -0.539. The fourth-order valence-electron chi connectivity index (χ4n) is 2.04. The molecule has 0 saturated carbocycles. The Bertz CT molecular complexity index is 973. The second-order valence-electron chi connectivity index (χ2n) is 4.99. The summed E-state index contributed by atoms with van der Waals surface area (Å²) in [5, 5.41) is 15.1. The molecule has 0 atom stereocenters. The van der Waals surface area contributed by atoms with Crippen LogP contribution in [0.4, 0.5) is 5.69 Å². The smallest absolute Gasteiger partial charge is 0.272 e. The minimum Gasteiger partial charge on any atom is -0.272 e. The molecule has 0 aliphatic carbocycles. The molecular formula is C16H11ClN4O3S2. The lowest BCUT2D eigenvalue weighted by molar-refractivity contribution is -0.385. The topological polar surface area (TPSA) is 97.5 Å². The second-order valence-corrected chi connectivity index (χ2v) is 7.68. The Hall–Kier alpha value is -2.49. The molecule has 0 spiro atoms. The van der Waals surface area contributed by atoms with E-state index >= 15 is 0 Å². The molecule has 7 nitrogen and oxygen atoms in total. The van der Waals surface area contributed by atoms with Crippen LogP contribution in [0.3, 0.4) is 0 Å². The van der Waals surface area contributed by atoms with E-state index in [2.05, 4.69) is 15.5 Å². The highest BCUT2D eigenvalue weighted by atomic mass is 35.5. The maximum Gasteiger partial charge on any atom is 0.278 e. The molecule has 3 aromatic rings. The minimum absolute atomic E-state index is 0.134. The number of halogens is 1. The molecule has 0 bridgehead atoms. The molecule has 2 aromatic carbocycles. The number of nitro benzene ring substituents is 1. The predicted octanol–water partition coefficient (Wildman–Crippen LogP) is 4.10. The van der Waals surface area contributed by atoms with Crippen molar-refractivity contribution in [1.29, 1.82) is 0 Å². The van der Waals surface area contributed by atoms with Crippen molar-refractivity contribution in [2.45, 2.75) is 4.34 Å². The first-order chi connectivity index (χ1) is 12.5. The summed E-state index contributed by atoms with van der Waals surface area (Å²) in [5.41, 5.74) is 3.30. The first-order valence-electron chi connectivity index (χ1n) is 7.27. The standard InChI is InChI=1S/C16H11ClN4O3S2/c17-11-5-6-13(21(23)24)10(7-11)8-18-20-15(22)9-25-16-19-12-3-1-2-4-14(12)26-16/h1-8H,9H2,(H,20,22). The Balaban J connectivity index is 1.58. The van der Waals surface area contributed by atoms with Crippen LogP contribution in [0.5, 0.6) is 0 Å². The number of para-hydroxylation sites is 1. The number of rotatable bonds is 6. The van der Waals surface area contributed by atoms with Crippen LogP contribution in [0.1, 0.15) is 5.56 Å². The normalized spacial score (nSPS) is 11.1. The highest BCUT2D eigenvalue weighted by Gasteiger charge is 2.12. The molecule has 26 heavy (non-hydrogen) atoms. The Kier molecular flexibility index (Phi) is 5.82. The molecule has 1 amide bonds. The third kappa shape index (κ3) is 4.57. The number of nitrogens with zero attached hydrogens (tertiary/aromatic N) is 3. The number of aromatic nitrogens is 1. The van der Waals surface area contributed by atoms with Gasteiger partial charge >= 0.3 is 0 Å². The van der Waals surface area contributed by atoms with Gasteiger partial charge in [-0.25, -0.2) is 10.4 Å². The lowest BCUT2D eigenvalue weighted by Crippen LogP contribution is -2.19. The lowest BCUT2D eigenvalue weighted by atomic mass is 10.2. The third-order valence-electron chi connectivity index (χ3n) is 3.18. The van der Waals surface area contributed by atoms with Crippen molar-refractivity contribution in [3.8, 4) is 0 Å². The second kappa shape index (κ2) is 8.26. The van der Waals surface area contributed by atoms with Crippen LogP contribution < -0.4 is 5.43 Å². The SMILES string of the molecule is O=C(CSc1nc2ccccc2s1)NN=Cc1cc(Cl)ccc1[N+](=O)[O-]. The third-order valence-corrected chi connectivity index (χ3v) is 5.59. The number of amides is 1. The van der Waals surface area contributed by atoms with Gasteiger partial charge in [0.2, 0.25) is 0 Å². The van der Waals surface area contributed by atoms with Gasteiger partial charge in [0.25, 0.3) is 11.6 Å². The summed E-state index contributed by atoms with van der Waals surface area (Å²) in [6.07, 6.45) is 1.20. The van der Waals surface area contributed by atoms with Gasteiger partial charge < -0.3 is 0 Å². The van der Waals surface area contributed by atoms with Gasteiger partial charge in [-0.05, 0) is 24.3 Å².